The minimum absolute atomic E-state index is 0.0476. The van der Waals surface area contributed by atoms with Gasteiger partial charge in [0, 0.05) is 23.7 Å². The highest BCUT2D eigenvalue weighted by Gasteiger charge is 2.11. The van der Waals surface area contributed by atoms with E-state index >= 15 is 0 Å². The molecule has 0 saturated carbocycles. The predicted octanol–water partition coefficient (Wildman–Crippen LogP) is 7.70. The van der Waals surface area contributed by atoms with Crippen molar-refractivity contribution < 1.29 is 9.53 Å². The number of carbonyl (C=O) groups excluding carboxylic acids is 1. The number of para-hydroxylation sites is 1. The zero-order valence-corrected chi connectivity index (χ0v) is 22.5. The molecule has 0 bridgehead atoms. The molecule has 0 unspecified atom stereocenters. The Morgan fingerprint density at radius 3 is 2.14 bits per heavy atom. The van der Waals surface area contributed by atoms with Crippen molar-refractivity contribution in [3.8, 4) is 22.7 Å². The first-order valence-electron chi connectivity index (χ1n) is 13.8. The summed E-state index contributed by atoms with van der Waals surface area (Å²) in [7, 11) is 1.65. The van der Waals surface area contributed by atoms with Crippen LogP contribution in [0.1, 0.15) is 89.5 Å². The highest BCUT2D eigenvalue weighted by molar-refractivity contribution is 5.89. The second-order valence-corrected chi connectivity index (χ2v) is 9.52. The molecule has 0 aliphatic carbocycles. The second-order valence-electron chi connectivity index (χ2n) is 9.52. The van der Waals surface area contributed by atoms with Gasteiger partial charge in [0.25, 0.3) is 0 Å². The van der Waals surface area contributed by atoms with Crippen molar-refractivity contribution >= 4 is 12.1 Å². The molecule has 3 rings (SSSR count). The molecule has 1 aromatic heterocycles. The fourth-order valence-electron chi connectivity index (χ4n) is 4.35. The Hall–Kier alpha value is -3.41. The molecule has 1 heterocycles. The van der Waals surface area contributed by atoms with Crippen LogP contribution in [0, 0.1) is 0 Å². The van der Waals surface area contributed by atoms with Crippen LogP contribution in [0.3, 0.4) is 0 Å². The SMILES string of the molecule is CCCCCCCCCCCCCC(=O)N/N=C/c1cn(-c2ccccc2)nc1-c1ccc(OC)cc1. The third kappa shape index (κ3) is 9.87. The molecule has 0 fully saturated rings. The van der Waals surface area contributed by atoms with Gasteiger partial charge in [0.05, 0.1) is 19.0 Å². The van der Waals surface area contributed by atoms with E-state index in [1.807, 2.05) is 65.5 Å². The Morgan fingerprint density at radius 1 is 0.892 bits per heavy atom. The molecule has 1 amide bonds. The van der Waals surface area contributed by atoms with Crippen LogP contribution in [-0.2, 0) is 4.79 Å². The third-order valence-corrected chi connectivity index (χ3v) is 6.53. The summed E-state index contributed by atoms with van der Waals surface area (Å²) in [6.45, 7) is 2.26. The number of hydrazone groups is 1. The average Bonchev–Trinajstić information content (AvgIpc) is 3.36. The van der Waals surface area contributed by atoms with Crippen molar-refractivity contribution in [3.63, 3.8) is 0 Å². The number of hydrogen-bond donors (Lipinski definition) is 1. The smallest absolute Gasteiger partial charge is 0.240 e. The summed E-state index contributed by atoms with van der Waals surface area (Å²) in [6.07, 6.45) is 18.0. The second kappa shape index (κ2) is 16.4. The monoisotopic (exact) mass is 502 g/mol. The van der Waals surface area contributed by atoms with Gasteiger partial charge in [-0.1, -0.05) is 89.3 Å². The Balaban J connectivity index is 1.46. The standard InChI is InChI=1S/C31H42N4O2/c1-3-4-5-6-7-8-9-10-11-12-16-19-30(36)33-32-24-27-25-35(28-17-14-13-15-18-28)34-31(27)26-20-22-29(37-2)23-21-26/h13-15,17-18,20-25H,3-12,16,19H2,1-2H3,(H,33,36)/b32-24+. The molecule has 37 heavy (non-hydrogen) atoms. The summed E-state index contributed by atoms with van der Waals surface area (Å²) in [5.74, 6) is 0.741. The van der Waals surface area contributed by atoms with Crippen molar-refractivity contribution in [3.05, 3.63) is 66.4 Å². The minimum Gasteiger partial charge on any atom is -0.497 e. The van der Waals surface area contributed by atoms with Crippen LogP contribution in [0.4, 0.5) is 0 Å². The third-order valence-electron chi connectivity index (χ3n) is 6.53. The van der Waals surface area contributed by atoms with Crippen molar-refractivity contribution in [2.24, 2.45) is 5.10 Å². The molecule has 0 atom stereocenters. The van der Waals surface area contributed by atoms with Gasteiger partial charge < -0.3 is 4.74 Å². The lowest BCUT2D eigenvalue weighted by molar-refractivity contribution is -0.121. The van der Waals surface area contributed by atoms with Crippen LogP contribution < -0.4 is 10.2 Å². The van der Waals surface area contributed by atoms with Gasteiger partial charge in [-0.05, 0) is 42.8 Å². The Bertz CT molecular complexity index is 1070. The van der Waals surface area contributed by atoms with Crippen LogP contribution in [0.2, 0.25) is 0 Å². The number of benzene rings is 2. The molecule has 6 nitrogen and oxygen atoms in total. The van der Waals surface area contributed by atoms with Crippen molar-refractivity contribution in [2.45, 2.75) is 84.0 Å². The fourth-order valence-corrected chi connectivity index (χ4v) is 4.35. The van der Waals surface area contributed by atoms with Crippen LogP contribution in [0.15, 0.2) is 65.9 Å². The van der Waals surface area contributed by atoms with E-state index in [0.29, 0.717) is 6.42 Å². The number of aromatic nitrogens is 2. The first kappa shape index (κ1) is 28.2. The van der Waals surface area contributed by atoms with E-state index in [0.717, 1.165) is 41.1 Å². The van der Waals surface area contributed by atoms with Gasteiger partial charge in [-0.15, -0.1) is 0 Å². The number of nitrogens with zero attached hydrogens (tertiary/aromatic N) is 3. The molecule has 6 heteroatoms. The lowest BCUT2D eigenvalue weighted by Gasteiger charge is -2.03. The molecule has 0 aliphatic heterocycles. The van der Waals surface area contributed by atoms with Gasteiger partial charge in [0.15, 0.2) is 0 Å². The number of hydrogen-bond acceptors (Lipinski definition) is 4. The minimum atomic E-state index is -0.0476. The van der Waals surface area contributed by atoms with E-state index < -0.39 is 0 Å². The van der Waals surface area contributed by atoms with Crippen LogP contribution in [-0.4, -0.2) is 29.0 Å². The number of carbonyl (C=O) groups is 1. The maximum Gasteiger partial charge on any atom is 0.240 e. The summed E-state index contributed by atoms with van der Waals surface area (Å²) in [5, 5.41) is 9.02. The van der Waals surface area contributed by atoms with Crippen molar-refractivity contribution in [1.29, 1.82) is 0 Å². The highest BCUT2D eigenvalue weighted by Crippen LogP contribution is 2.25. The van der Waals surface area contributed by atoms with E-state index in [1.54, 1.807) is 13.3 Å². The molecule has 0 saturated heterocycles. The largest absolute Gasteiger partial charge is 0.497 e. The highest BCUT2D eigenvalue weighted by atomic mass is 16.5. The number of ether oxygens (including phenoxy) is 1. The number of unbranched alkanes of at least 4 members (excludes halogenated alkanes) is 10. The van der Waals surface area contributed by atoms with Crippen molar-refractivity contribution in [2.75, 3.05) is 7.11 Å². The fraction of sp³-hybridized carbons (Fsp3) is 0.452. The lowest BCUT2D eigenvalue weighted by Crippen LogP contribution is -2.16. The van der Waals surface area contributed by atoms with E-state index in [1.165, 1.54) is 57.8 Å². The first-order valence-corrected chi connectivity index (χ1v) is 13.8. The van der Waals surface area contributed by atoms with Crippen LogP contribution in [0.25, 0.3) is 16.9 Å². The maximum absolute atomic E-state index is 12.3. The summed E-state index contributed by atoms with van der Waals surface area (Å²) in [4.78, 5) is 12.3. The van der Waals surface area contributed by atoms with E-state index in [2.05, 4.69) is 17.5 Å². The van der Waals surface area contributed by atoms with E-state index in [-0.39, 0.29) is 5.91 Å². The molecule has 0 radical (unpaired) electrons. The van der Waals surface area contributed by atoms with Crippen LogP contribution >= 0.6 is 0 Å². The van der Waals surface area contributed by atoms with Gasteiger partial charge in [-0.25, -0.2) is 10.1 Å². The Morgan fingerprint density at radius 2 is 1.51 bits per heavy atom. The van der Waals surface area contributed by atoms with Gasteiger partial charge in [0.1, 0.15) is 11.4 Å². The molecule has 0 spiro atoms. The number of rotatable bonds is 17. The Kier molecular flexibility index (Phi) is 12.5. The molecule has 0 aliphatic rings. The summed E-state index contributed by atoms with van der Waals surface area (Å²) in [6, 6.07) is 17.7. The molecular weight excluding hydrogens is 460 g/mol. The zero-order chi connectivity index (χ0) is 26.1. The summed E-state index contributed by atoms with van der Waals surface area (Å²) in [5.41, 5.74) is 6.20. The molecular formula is C31H42N4O2. The van der Waals surface area contributed by atoms with Gasteiger partial charge in [0.2, 0.25) is 5.91 Å². The van der Waals surface area contributed by atoms with Gasteiger partial charge in [-0.3, -0.25) is 4.79 Å². The number of methoxy groups -OCH3 is 1. The maximum atomic E-state index is 12.3. The van der Waals surface area contributed by atoms with Gasteiger partial charge in [-0.2, -0.15) is 10.2 Å². The number of amides is 1. The summed E-state index contributed by atoms with van der Waals surface area (Å²) < 4.78 is 7.11. The topological polar surface area (TPSA) is 68.5 Å². The zero-order valence-electron chi connectivity index (χ0n) is 22.5. The van der Waals surface area contributed by atoms with Crippen molar-refractivity contribution in [1.82, 2.24) is 15.2 Å². The normalized spacial score (nSPS) is 11.2. The molecule has 3 aromatic rings. The average molecular weight is 503 g/mol. The number of nitrogens with one attached hydrogen (secondary N) is 1. The Labute approximate surface area is 222 Å². The van der Waals surface area contributed by atoms with E-state index in [9.17, 15) is 4.79 Å². The lowest BCUT2D eigenvalue weighted by atomic mass is 10.1. The molecule has 2 aromatic carbocycles. The van der Waals surface area contributed by atoms with Gasteiger partial charge >= 0.3 is 0 Å². The first-order chi connectivity index (χ1) is 18.2. The molecule has 1 N–H and O–H groups in total. The van der Waals surface area contributed by atoms with E-state index in [4.69, 9.17) is 9.84 Å². The quantitative estimate of drug-likeness (QED) is 0.117. The molecule has 198 valence electrons. The van der Waals surface area contributed by atoms with Crippen LogP contribution in [0.5, 0.6) is 5.75 Å². The summed E-state index contributed by atoms with van der Waals surface area (Å²) >= 11 is 0. The predicted molar refractivity (Wildman–Crippen MR) is 152 cm³/mol.